The standard InChI is InChI=1S/C13H18N2O4S/c16-13(17)8-5-10-1-3-11(4-2-10)9-14-20(18,19)15-12-6-7-12/h1-4,12,14-15H,5-9H2,(H,16,17). The number of hydrogen-bond donors (Lipinski definition) is 3. The zero-order chi connectivity index (χ0) is 14.6. The van der Waals surface area contributed by atoms with Crippen molar-refractivity contribution in [1.29, 1.82) is 0 Å². The van der Waals surface area contributed by atoms with Gasteiger partial charge in [0, 0.05) is 19.0 Å². The van der Waals surface area contributed by atoms with Crippen molar-refractivity contribution in [2.75, 3.05) is 0 Å². The Kier molecular flexibility index (Phi) is 4.74. The number of carboxylic acids is 1. The molecule has 7 heteroatoms. The second-order valence-corrected chi connectivity index (χ2v) is 6.46. The summed E-state index contributed by atoms with van der Waals surface area (Å²) >= 11 is 0. The summed E-state index contributed by atoms with van der Waals surface area (Å²) in [7, 11) is -3.43. The quantitative estimate of drug-likeness (QED) is 0.661. The Hall–Kier alpha value is -1.44. The van der Waals surface area contributed by atoms with E-state index in [-0.39, 0.29) is 19.0 Å². The molecule has 1 aliphatic rings. The van der Waals surface area contributed by atoms with Crippen LogP contribution in [0.2, 0.25) is 0 Å². The fourth-order valence-electron chi connectivity index (χ4n) is 1.72. The Morgan fingerprint density at radius 2 is 1.80 bits per heavy atom. The average molecular weight is 298 g/mol. The van der Waals surface area contributed by atoms with Crippen LogP contribution >= 0.6 is 0 Å². The van der Waals surface area contributed by atoms with Gasteiger partial charge in [-0.15, -0.1) is 0 Å². The van der Waals surface area contributed by atoms with Crippen molar-refractivity contribution in [3.05, 3.63) is 35.4 Å². The maximum atomic E-state index is 11.6. The topological polar surface area (TPSA) is 95.5 Å². The van der Waals surface area contributed by atoms with E-state index < -0.39 is 16.2 Å². The van der Waals surface area contributed by atoms with E-state index in [9.17, 15) is 13.2 Å². The first-order valence-electron chi connectivity index (χ1n) is 6.51. The molecule has 0 radical (unpaired) electrons. The van der Waals surface area contributed by atoms with Gasteiger partial charge in [-0.05, 0) is 30.4 Å². The van der Waals surface area contributed by atoms with Crippen molar-refractivity contribution >= 4 is 16.2 Å². The van der Waals surface area contributed by atoms with E-state index in [1.807, 2.05) is 12.1 Å². The molecular formula is C13H18N2O4S. The maximum absolute atomic E-state index is 11.6. The van der Waals surface area contributed by atoms with Gasteiger partial charge in [-0.1, -0.05) is 24.3 Å². The summed E-state index contributed by atoms with van der Waals surface area (Å²) in [5.41, 5.74) is 1.76. The van der Waals surface area contributed by atoms with Crippen LogP contribution in [0.25, 0.3) is 0 Å². The zero-order valence-corrected chi connectivity index (χ0v) is 11.8. The molecule has 1 aliphatic carbocycles. The third-order valence-electron chi connectivity index (χ3n) is 3.02. The number of rotatable bonds is 8. The number of hydrogen-bond acceptors (Lipinski definition) is 3. The summed E-state index contributed by atoms with van der Waals surface area (Å²) in [6, 6.07) is 7.33. The van der Waals surface area contributed by atoms with Gasteiger partial charge >= 0.3 is 5.97 Å². The maximum Gasteiger partial charge on any atom is 0.303 e. The molecule has 1 fully saturated rings. The van der Waals surface area contributed by atoms with Crippen molar-refractivity contribution in [1.82, 2.24) is 9.44 Å². The SMILES string of the molecule is O=C(O)CCc1ccc(CNS(=O)(=O)NC2CC2)cc1. The van der Waals surface area contributed by atoms with Crippen LogP contribution in [0.1, 0.15) is 30.4 Å². The molecule has 1 saturated carbocycles. The minimum absolute atomic E-state index is 0.0888. The lowest BCUT2D eigenvalue weighted by Gasteiger charge is -2.08. The number of aryl methyl sites for hydroxylation is 1. The Balaban J connectivity index is 1.82. The second-order valence-electron chi connectivity index (χ2n) is 4.93. The van der Waals surface area contributed by atoms with Crippen molar-refractivity contribution in [3.63, 3.8) is 0 Å². The van der Waals surface area contributed by atoms with Crippen LogP contribution in [0.5, 0.6) is 0 Å². The molecule has 0 unspecified atom stereocenters. The number of benzene rings is 1. The molecule has 0 saturated heterocycles. The third-order valence-corrected chi connectivity index (χ3v) is 4.18. The van der Waals surface area contributed by atoms with Gasteiger partial charge < -0.3 is 5.11 Å². The van der Waals surface area contributed by atoms with E-state index >= 15 is 0 Å². The molecule has 2 rings (SSSR count). The third kappa shape index (κ3) is 5.28. The molecule has 1 aromatic carbocycles. The van der Waals surface area contributed by atoms with Gasteiger partial charge in [0.1, 0.15) is 0 Å². The van der Waals surface area contributed by atoms with Crippen LogP contribution in [-0.2, 0) is 28.0 Å². The molecule has 110 valence electrons. The Morgan fingerprint density at radius 1 is 1.20 bits per heavy atom. The normalized spacial score (nSPS) is 15.2. The van der Waals surface area contributed by atoms with Crippen LogP contribution in [0.3, 0.4) is 0 Å². The minimum Gasteiger partial charge on any atom is -0.481 e. The Morgan fingerprint density at radius 3 is 2.35 bits per heavy atom. The van der Waals surface area contributed by atoms with Crippen LogP contribution in [0, 0.1) is 0 Å². The lowest BCUT2D eigenvalue weighted by molar-refractivity contribution is -0.136. The van der Waals surface area contributed by atoms with Gasteiger partial charge in [-0.3, -0.25) is 4.79 Å². The van der Waals surface area contributed by atoms with Crippen LogP contribution in [0.15, 0.2) is 24.3 Å². The Labute approximate surface area is 118 Å². The average Bonchev–Trinajstić information content (AvgIpc) is 3.18. The van der Waals surface area contributed by atoms with Gasteiger partial charge in [0.05, 0.1) is 0 Å². The molecule has 0 amide bonds. The van der Waals surface area contributed by atoms with Gasteiger partial charge in [-0.25, -0.2) is 0 Å². The van der Waals surface area contributed by atoms with Gasteiger partial charge in [-0.2, -0.15) is 17.9 Å². The lowest BCUT2D eigenvalue weighted by Crippen LogP contribution is -2.37. The number of nitrogens with one attached hydrogen (secondary N) is 2. The van der Waals surface area contributed by atoms with E-state index in [0.717, 1.165) is 24.0 Å². The molecule has 0 aromatic heterocycles. The lowest BCUT2D eigenvalue weighted by atomic mass is 10.1. The fraction of sp³-hybridized carbons (Fsp3) is 0.462. The van der Waals surface area contributed by atoms with Crippen molar-refractivity contribution in [2.45, 2.75) is 38.3 Å². The van der Waals surface area contributed by atoms with Gasteiger partial charge in [0.25, 0.3) is 10.2 Å². The molecule has 6 nitrogen and oxygen atoms in total. The fourth-order valence-corrected chi connectivity index (χ4v) is 2.83. The zero-order valence-electron chi connectivity index (χ0n) is 11.0. The van der Waals surface area contributed by atoms with Crippen LogP contribution < -0.4 is 9.44 Å². The number of carboxylic acid groups (broad SMARTS) is 1. The highest BCUT2D eigenvalue weighted by Gasteiger charge is 2.26. The van der Waals surface area contributed by atoms with Crippen molar-refractivity contribution in [3.8, 4) is 0 Å². The summed E-state index contributed by atoms with van der Waals surface area (Å²) < 4.78 is 28.2. The first-order chi connectivity index (χ1) is 9.44. The first-order valence-corrected chi connectivity index (χ1v) is 7.99. The van der Waals surface area contributed by atoms with Crippen molar-refractivity contribution in [2.24, 2.45) is 0 Å². The van der Waals surface area contributed by atoms with E-state index in [1.165, 1.54) is 0 Å². The number of aliphatic carboxylic acids is 1. The second kappa shape index (κ2) is 6.34. The summed E-state index contributed by atoms with van der Waals surface area (Å²) in [6.07, 6.45) is 2.38. The van der Waals surface area contributed by atoms with Crippen LogP contribution in [0.4, 0.5) is 0 Å². The highest BCUT2D eigenvalue weighted by molar-refractivity contribution is 7.87. The predicted octanol–water partition coefficient (Wildman–Crippen LogP) is 0.790. The molecule has 0 spiro atoms. The van der Waals surface area contributed by atoms with Gasteiger partial charge in [0.2, 0.25) is 0 Å². The van der Waals surface area contributed by atoms with E-state index in [0.29, 0.717) is 6.42 Å². The molecule has 20 heavy (non-hydrogen) atoms. The molecule has 0 bridgehead atoms. The molecule has 0 atom stereocenters. The van der Waals surface area contributed by atoms with Crippen LogP contribution in [-0.4, -0.2) is 25.5 Å². The largest absolute Gasteiger partial charge is 0.481 e. The summed E-state index contributed by atoms with van der Waals surface area (Å²) in [5, 5.41) is 8.60. The van der Waals surface area contributed by atoms with E-state index in [4.69, 9.17) is 5.11 Å². The molecule has 0 aliphatic heterocycles. The molecule has 3 N–H and O–H groups in total. The summed E-state index contributed by atoms with van der Waals surface area (Å²) in [4.78, 5) is 10.5. The summed E-state index contributed by atoms with van der Waals surface area (Å²) in [5.74, 6) is -0.826. The summed E-state index contributed by atoms with van der Waals surface area (Å²) in [6.45, 7) is 0.223. The number of carbonyl (C=O) groups is 1. The smallest absolute Gasteiger partial charge is 0.303 e. The molecule has 0 heterocycles. The Bertz CT molecular complexity index is 565. The molecular weight excluding hydrogens is 280 g/mol. The monoisotopic (exact) mass is 298 g/mol. The molecule has 1 aromatic rings. The van der Waals surface area contributed by atoms with E-state index in [2.05, 4.69) is 9.44 Å². The first kappa shape index (κ1) is 15.0. The van der Waals surface area contributed by atoms with Crippen molar-refractivity contribution < 1.29 is 18.3 Å². The minimum atomic E-state index is -3.43. The van der Waals surface area contributed by atoms with Gasteiger partial charge in [0.15, 0.2) is 0 Å². The van der Waals surface area contributed by atoms with E-state index in [1.54, 1.807) is 12.1 Å². The predicted molar refractivity (Wildman–Crippen MR) is 74.3 cm³/mol. The highest BCUT2D eigenvalue weighted by atomic mass is 32.2. The highest BCUT2D eigenvalue weighted by Crippen LogP contribution is 2.19.